The fraction of sp³-hybridized carbons (Fsp3) is 0.400. The summed E-state index contributed by atoms with van der Waals surface area (Å²) in [6.07, 6.45) is -0.0314. The van der Waals surface area contributed by atoms with Crippen molar-refractivity contribution in [2.24, 2.45) is 0 Å². The number of carbonyl (C=O) groups excluding carboxylic acids is 3. The Hall–Kier alpha value is -3.83. The molecule has 11 nitrogen and oxygen atoms in total. The molecule has 4 N–H and O–H groups in total. The summed E-state index contributed by atoms with van der Waals surface area (Å²) in [5.41, 5.74) is 2.75. The van der Waals surface area contributed by atoms with Crippen LogP contribution in [0.15, 0.2) is 48.5 Å². The molecule has 0 radical (unpaired) electrons. The molecule has 2 aliphatic heterocycles. The summed E-state index contributed by atoms with van der Waals surface area (Å²) in [7, 11) is 0. The molecule has 11 heteroatoms. The van der Waals surface area contributed by atoms with E-state index in [1.165, 1.54) is 0 Å². The lowest BCUT2D eigenvalue weighted by atomic mass is 10.2. The van der Waals surface area contributed by atoms with Crippen molar-refractivity contribution in [3.8, 4) is 0 Å². The summed E-state index contributed by atoms with van der Waals surface area (Å²) >= 11 is 0. The van der Waals surface area contributed by atoms with E-state index in [0.29, 0.717) is 50.6 Å². The predicted molar refractivity (Wildman–Crippen MR) is 131 cm³/mol. The van der Waals surface area contributed by atoms with Gasteiger partial charge in [0, 0.05) is 37.3 Å². The molecule has 192 valence electrons. The van der Waals surface area contributed by atoms with E-state index in [-0.39, 0.29) is 25.3 Å². The Labute approximate surface area is 208 Å². The van der Waals surface area contributed by atoms with Gasteiger partial charge in [-0.3, -0.25) is 0 Å². The van der Waals surface area contributed by atoms with E-state index in [9.17, 15) is 14.4 Å². The number of anilines is 2. The highest BCUT2D eigenvalue weighted by atomic mass is 16.6. The van der Waals surface area contributed by atoms with Crippen LogP contribution in [0, 0.1) is 0 Å². The Morgan fingerprint density at radius 2 is 1.22 bits per heavy atom. The van der Waals surface area contributed by atoms with Gasteiger partial charge in [0.1, 0.15) is 12.2 Å². The lowest BCUT2D eigenvalue weighted by molar-refractivity contribution is 0.0824. The first kappa shape index (κ1) is 25.3. The van der Waals surface area contributed by atoms with Gasteiger partial charge in [0.25, 0.3) is 0 Å². The van der Waals surface area contributed by atoms with Gasteiger partial charge in [0.2, 0.25) is 0 Å². The van der Waals surface area contributed by atoms with Gasteiger partial charge in [0.15, 0.2) is 0 Å². The molecule has 0 saturated carbocycles. The molecule has 0 bridgehead atoms. The molecule has 0 spiro atoms. The van der Waals surface area contributed by atoms with Gasteiger partial charge in [0.05, 0.1) is 26.4 Å². The normalized spacial score (nSPS) is 18.8. The van der Waals surface area contributed by atoms with E-state index in [0.717, 1.165) is 11.1 Å². The molecule has 4 rings (SSSR count). The first-order valence-corrected chi connectivity index (χ1v) is 11.8. The summed E-state index contributed by atoms with van der Waals surface area (Å²) in [4.78, 5) is 36.3. The molecule has 0 unspecified atom stereocenters. The fourth-order valence-electron chi connectivity index (χ4n) is 3.76. The first-order chi connectivity index (χ1) is 17.5. The quantitative estimate of drug-likeness (QED) is 0.438. The third-order valence-electron chi connectivity index (χ3n) is 5.57. The number of rotatable bonds is 8. The maximum atomic E-state index is 12.5. The highest BCUT2D eigenvalue weighted by molar-refractivity contribution is 5.99. The topological polar surface area (TPSA) is 136 Å². The number of nitrogens with one attached hydrogen (secondary N) is 4. The Morgan fingerprint density at radius 3 is 1.64 bits per heavy atom. The predicted octanol–water partition coefficient (Wildman–Crippen LogP) is 3.36. The van der Waals surface area contributed by atoms with Crippen LogP contribution in [0.3, 0.4) is 0 Å². The second-order valence-electron chi connectivity index (χ2n) is 8.47. The Kier molecular flexibility index (Phi) is 8.95. The number of amides is 4. The van der Waals surface area contributed by atoms with Crippen LogP contribution in [-0.2, 0) is 32.0 Å². The number of hydrogen-bond donors (Lipinski definition) is 4. The molecule has 2 saturated heterocycles. The minimum atomic E-state index is -0.503. The molecule has 0 aromatic heterocycles. The average molecular weight is 499 g/mol. The van der Waals surface area contributed by atoms with Crippen molar-refractivity contribution in [3.63, 3.8) is 0 Å². The molecule has 2 aliphatic rings. The molecule has 2 fully saturated rings. The van der Waals surface area contributed by atoms with Crippen molar-refractivity contribution in [2.45, 2.75) is 38.1 Å². The third kappa shape index (κ3) is 8.14. The molecule has 2 aromatic carbocycles. The monoisotopic (exact) mass is 498 g/mol. The number of carbonyl (C=O) groups is 3. The largest absolute Gasteiger partial charge is 0.444 e. The third-order valence-corrected chi connectivity index (χ3v) is 5.57. The smallest absolute Gasteiger partial charge is 0.407 e. The molecule has 4 amide bonds. The van der Waals surface area contributed by atoms with Crippen LogP contribution in [0.4, 0.5) is 25.8 Å². The van der Waals surface area contributed by atoms with Crippen LogP contribution in [0.25, 0.3) is 0 Å². The van der Waals surface area contributed by atoms with Gasteiger partial charge in [-0.2, -0.15) is 0 Å². The van der Waals surface area contributed by atoms with Gasteiger partial charge in [-0.15, -0.1) is 0 Å². The van der Waals surface area contributed by atoms with Gasteiger partial charge >= 0.3 is 18.2 Å². The molecule has 2 atom stereocenters. The van der Waals surface area contributed by atoms with Gasteiger partial charge in [-0.1, -0.05) is 24.3 Å². The van der Waals surface area contributed by atoms with E-state index in [4.69, 9.17) is 18.9 Å². The number of hydrogen-bond acceptors (Lipinski definition) is 7. The Morgan fingerprint density at radius 1 is 0.750 bits per heavy atom. The van der Waals surface area contributed by atoms with E-state index in [2.05, 4.69) is 21.3 Å². The molecule has 2 heterocycles. The van der Waals surface area contributed by atoms with Crippen molar-refractivity contribution >= 4 is 29.6 Å². The maximum Gasteiger partial charge on any atom is 0.407 e. The molecule has 0 aliphatic carbocycles. The second kappa shape index (κ2) is 12.8. The van der Waals surface area contributed by atoms with Gasteiger partial charge in [-0.25, -0.2) is 14.4 Å². The number of urea groups is 1. The fourth-order valence-corrected chi connectivity index (χ4v) is 3.76. The molecule has 2 aromatic rings. The Bertz CT molecular complexity index is 971. The summed E-state index contributed by atoms with van der Waals surface area (Å²) in [6, 6.07) is 13.8. The van der Waals surface area contributed by atoms with Crippen LogP contribution >= 0.6 is 0 Å². The first-order valence-electron chi connectivity index (χ1n) is 11.8. The van der Waals surface area contributed by atoms with Crippen LogP contribution in [0.2, 0.25) is 0 Å². The van der Waals surface area contributed by atoms with Crippen LogP contribution in [0.1, 0.15) is 24.0 Å². The van der Waals surface area contributed by atoms with E-state index < -0.39 is 18.2 Å². The van der Waals surface area contributed by atoms with Crippen LogP contribution in [-0.4, -0.2) is 56.9 Å². The number of alkyl carbamates (subject to hydrolysis) is 2. The summed E-state index contributed by atoms with van der Waals surface area (Å²) in [6.45, 7) is 2.55. The molecular formula is C25H30N4O7. The zero-order valence-electron chi connectivity index (χ0n) is 19.8. The van der Waals surface area contributed by atoms with Gasteiger partial charge in [-0.05, 0) is 35.4 Å². The van der Waals surface area contributed by atoms with Crippen molar-refractivity contribution in [2.75, 3.05) is 37.1 Å². The van der Waals surface area contributed by atoms with Crippen molar-refractivity contribution in [1.82, 2.24) is 10.6 Å². The summed E-state index contributed by atoms with van der Waals surface area (Å²) in [5.74, 6) is 0. The highest BCUT2D eigenvalue weighted by Gasteiger charge is 2.20. The van der Waals surface area contributed by atoms with Crippen LogP contribution < -0.4 is 21.3 Å². The lowest BCUT2D eigenvalue weighted by Crippen LogP contribution is -2.29. The average Bonchev–Trinajstić information content (AvgIpc) is 3.56. The number of benzene rings is 2. The van der Waals surface area contributed by atoms with E-state index in [1.54, 1.807) is 36.4 Å². The zero-order valence-corrected chi connectivity index (χ0v) is 19.8. The SMILES string of the molecule is O=C(Nc1cccc(CNC(=O)O[C@H]2CCOC2)c1)Nc1cccc(CNC(=O)O[C@H]2CCOC2)c1. The van der Waals surface area contributed by atoms with Crippen molar-refractivity contribution < 1.29 is 33.3 Å². The summed E-state index contributed by atoms with van der Waals surface area (Å²) < 4.78 is 20.9. The minimum Gasteiger partial charge on any atom is -0.444 e. The van der Waals surface area contributed by atoms with E-state index in [1.807, 2.05) is 12.1 Å². The second-order valence-corrected chi connectivity index (χ2v) is 8.47. The minimum absolute atomic E-state index is 0.211. The van der Waals surface area contributed by atoms with Crippen molar-refractivity contribution in [1.29, 1.82) is 0 Å². The zero-order chi connectivity index (χ0) is 25.2. The standard InChI is InChI=1S/C25H30N4O7/c30-23(28-19-5-1-3-17(11-19)13-26-24(31)35-21-7-9-33-15-21)29-20-6-2-4-18(12-20)14-27-25(32)36-22-8-10-34-16-22/h1-6,11-12,21-22H,7-10,13-16H2,(H,26,31)(H,27,32)(H2,28,29,30)/t21-,22-/m0/s1. The maximum absolute atomic E-state index is 12.5. The van der Waals surface area contributed by atoms with Gasteiger partial charge < -0.3 is 40.2 Å². The number of ether oxygens (including phenoxy) is 4. The molecular weight excluding hydrogens is 468 g/mol. The molecule has 36 heavy (non-hydrogen) atoms. The van der Waals surface area contributed by atoms with Crippen LogP contribution in [0.5, 0.6) is 0 Å². The Balaban J connectivity index is 1.21. The lowest BCUT2D eigenvalue weighted by Gasteiger charge is -2.13. The summed E-state index contributed by atoms with van der Waals surface area (Å²) in [5, 5.41) is 11.0. The van der Waals surface area contributed by atoms with E-state index >= 15 is 0 Å². The van der Waals surface area contributed by atoms with Crippen molar-refractivity contribution in [3.05, 3.63) is 59.7 Å². The highest BCUT2D eigenvalue weighted by Crippen LogP contribution is 2.15.